The molecular formula is C11H9ClFN3O3. The highest BCUT2D eigenvalue weighted by Gasteiger charge is 2.43. The molecule has 19 heavy (non-hydrogen) atoms. The lowest BCUT2D eigenvalue weighted by Crippen LogP contribution is -2.49. The molecule has 0 spiro atoms. The van der Waals surface area contributed by atoms with Gasteiger partial charge in [-0.15, -0.1) is 0 Å². The SMILES string of the molecule is CC(C(=O)NN)N1C(=O)C(=O)c2c(Cl)ccc(F)c21. The molecule has 2 amide bonds. The van der Waals surface area contributed by atoms with Crippen molar-refractivity contribution in [3.05, 3.63) is 28.5 Å². The number of hydrogen-bond acceptors (Lipinski definition) is 4. The highest BCUT2D eigenvalue weighted by Crippen LogP contribution is 2.37. The van der Waals surface area contributed by atoms with E-state index in [-0.39, 0.29) is 16.3 Å². The number of nitrogens with one attached hydrogen (secondary N) is 1. The highest BCUT2D eigenvalue weighted by atomic mass is 35.5. The van der Waals surface area contributed by atoms with E-state index < -0.39 is 29.5 Å². The Bertz CT molecular complexity index is 605. The summed E-state index contributed by atoms with van der Waals surface area (Å²) in [5, 5.41) is -0.0439. The molecule has 1 unspecified atom stereocenters. The number of nitrogens with two attached hydrogens (primary N) is 1. The van der Waals surface area contributed by atoms with E-state index >= 15 is 0 Å². The maximum absolute atomic E-state index is 13.8. The Morgan fingerprint density at radius 1 is 1.47 bits per heavy atom. The minimum Gasteiger partial charge on any atom is -0.292 e. The van der Waals surface area contributed by atoms with Gasteiger partial charge >= 0.3 is 0 Å². The van der Waals surface area contributed by atoms with E-state index in [0.29, 0.717) is 0 Å². The largest absolute Gasteiger partial charge is 0.300 e. The van der Waals surface area contributed by atoms with Crippen LogP contribution in [-0.4, -0.2) is 23.6 Å². The summed E-state index contributed by atoms with van der Waals surface area (Å²) in [5.74, 6) is 1.46. The summed E-state index contributed by atoms with van der Waals surface area (Å²) in [7, 11) is 0. The van der Waals surface area contributed by atoms with Crippen LogP contribution in [0, 0.1) is 5.82 Å². The van der Waals surface area contributed by atoms with Crippen molar-refractivity contribution in [3.8, 4) is 0 Å². The molecule has 1 atom stereocenters. The van der Waals surface area contributed by atoms with Gasteiger partial charge in [-0.2, -0.15) is 0 Å². The van der Waals surface area contributed by atoms with Crippen LogP contribution in [-0.2, 0) is 9.59 Å². The van der Waals surface area contributed by atoms with Gasteiger partial charge in [0.05, 0.1) is 16.3 Å². The van der Waals surface area contributed by atoms with E-state index in [1.807, 2.05) is 5.43 Å². The Labute approximate surface area is 112 Å². The number of halogens is 2. The summed E-state index contributed by atoms with van der Waals surface area (Å²) in [5.41, 5.74) is 1.32. The summed E-state index contributed by atoms with van der Waals surface area (Å²) in [6, 6.07) is 1.07. The number of amides is 2. The lowest BCUT2D eigenvalue weighted by atomic mass is 10.1. The molecule has 8 heteroatoms. The van der Waals surface area contributed by atoms with E-state index in [1.165, 1.54) is 13.0 Å². The van der Waals surface area contributed by atoms with Gasteiger partial charge in [-0.1, -0.05) is 11.6 Å². The molecule has 100 valence electrons. The second kappa shape index (κ2) is 4.60. The smallest absolute Gasteiger partial charge is 0.292 e. The Balaban J connectivity index is 2.62. The average Bonchev–Trinajstić information content (AvgIpc) is 2.66. The Kier molecular flexibility index (Phi) is 3.25. The van der Waals surface area contributed by atoms with Gasteiger partial charge in [0.1, 0.15) is 11.9 Å². The second-order valence-corrected chi connectivity index (χ2v) is 4.35. The zero-order chi connectivity index (χ0) is 14.3. The quantitative estimate of drug-likeness (QED) is 0.356. The normalized spacial score (nSPS) is 15.5. The van der Waals surface area contributed by atoms with Gasteiger partial charge in [-0.3, -0.25) is 24.7 Å². The van der Waals surface area contributed by atoms with Crippen LogP contribution in [0.1, 0.15) is 17.3 Å². The lowest BCUT2D eigenvalue weighted by molar-refractivity contribution is -0.124. The number of carbonyl (C=O) groups is 3. The predicted molar refractivity (Wildman–Crippen MR) is 65.0 cm³/mol. The zero-order valence-corrected chi connectivity index (χ0v) is 10.5. The fourth-order valence-electron chi connectivity index (χ4n) is 1.92. The number of hydrogen-bond donors (Lipinski definition) is 2. The van der Waals surface area contributed by atoms with Crippen molar-refractivity contribution in [3.63, 3.8) is 0 Å². The number of ketones is 1. The van der Waals surface area contributed by atoms with Crippen LogP contribution < -0.4 is 16.2 Å². The van der Waals surface area contributed by atoms with Crippen LogP contribution in [0.25, 0.3) is 0 Å². The zero-order valence-electron chi connectivity index (χ0n) is 9.74. The Morgan fingerprint density at radius 2 is 2.11 bits per heavy atom. The van der Waals surface area contributed by atoms with Gasteiger partial charge in [-0.05, 0) is 19.1 Å². The van der Waals surface area contributed by atoms with Gasteiger partial charge in [-0.25, -0.2) is 10.2 Å². The van der Waals surface area contributed by atoms with Gasteiger partial charge in [0, 0.05) is 0 Å². The molecule has 1 aromatic carbocycles. The van der Waals surface area contributed by atoms with Crippen molar-refractivity contribution in [1.29, 1.82) is 0 Å². The minimum absolute atomic E-state index is 0.0439. The third-order valence-corrected chi connectivity index (χ3v) is 3.18. The fraction of sp³-hybridized carbons (Fsp3) is 0.182. The molecule has 0 radical (unpaired) electrons. The van der Waals surface area contributed by atoms with Gasteiger partial charge < -0.3 is 0 Å². The molecule has 0 aromatic heterocycles. The predicted octanol–water partition coefficient (Wildman–Crippen LogP) is 0.387. The molecule has 0 bridgehead atoms. The topological polar surface area (TPSA) is 92.5 Å². The minimum atomic E-state index is -1.13. The van der Waals surface area contributed by atoms with Crippen LogP contribution in [0.4, 0.5) is 10.1 Å². The molecule has 0 fully saturated rings. The summed E-state index contributed by atoms with van der Waals surface area (Å²) >= 11 is 5.79. The number of Topliss-reactive ketones (excluding diaryl/α,β-unsaturated/α-hetero) is 1. The van der Waals surface area contributed by atoms with Crippen molar-refractivity contribution in [1.82, 2.24) is 5.43 Å². The van der Waals surface area contributed by atoms with Gasteiger partial charge in [0.15, 0.2) is 0 Å². The van der Waals surface area contributed by atoms with Crippen molar-refractivity contribution < 1.29 is 18.8 Å². The summed E-state index contributed by atoms with van der Waals surface area (Å²) < 4.78 is 13.8. The van der Waals surface area contributed by atoms with Crippen molar-refractivity contribution in [2.24, 2.45) is 5.84 Å². The number of rotatable bonds is 2. The van der Waals surface area contributed by atoms with Gasteiger partial charge in [0.2, 0.25) is 0 Å². The highest BCUT2D eigenvalue weighted by molar-refractivity contribution is 6.55. The van der Waals surface area contributed by atoms with E-state index in [9.17, 15) is 18.8 Å². The van der Waals surface area contributed by atoms with Crippen molar-refractivity contribution >= 4 is 34.9 Å². The number of hydrazine groups is 1. The van der Waals surface area contributed by atoms with Crippen molar-refractivity contribution in [2.45, 2.75) is 13.0 Å². The van der Waals surface area contributed by atoms with Crippen LogP contribution in [0.15, 0.2) is 12.1 Å². The van der Waals surface area contributed by atoms with Crippen LogP contribution in [0.2, 0.25) is 5.02 Å². The maximum atomic E-state index is 13.8. The van der Waals surface area contributed by atoms with E-state index in [1.54, 1.807) is 0 Å². The lowest BCUT2D eigenvalue weighted by Gasteiger charge is -2.23. The molecule has 0 aliphatic carbocycles. The molecule has 0 saturated heterocycles. The molecule has 3 N–H and O–H groups in total. The molecule has 1 aliphatic rings. The third kappa shape index (κ3) is 1.87. The first-order chi connectivity index (χ1) is 8.90. The Hall–Kier alpha value is -1.99. The van der Waals surface area contributed by atoms with Crippen molar-refractivity contribution in [2.75, 3.05) is 4.90 Å². The average molecular weight is 286 g/mol. The standard InChI is InChI=1S/C11H9ClFN3O3/c1-4(10(18)15-14)16-8-6(13)3-2-5(12)7(8)9(17)11(16)19/h2-4H,14H2,1H3,(H,15,18). The molecular weight excluding hydrogens is 277 g/mol. The summed E-state index contributed by atoms with van der Waals surface area (Å²) in [4.78, 5) is 35.9. The van der Waals surface area contributed by atoms with Crippen LogP contribution in [0.3, 0.4) is 0 Å². The van der Waals surface area contributed by atoms with Gasteiger partial charge in [0.25, 0.3) is 17.6 Å². The third-order valence-electron chi connectivity index (χ3n) is 2.87. The Morgan fingerprint density at radius 3 is 2.68 bits per heavy atom. The van der Waals surface area contributed by atoms with Crippen LogP contribution in [0.5, 0.6) is 0 Å². The number of nitrogens with zero attached hydrogens (tertiary/aromatic N) is 1. The second-order valence-electron chi connectivity index (χ2n) is 3.94. The first-order valence-electron chi connectivity index (χ1n) is 5.26. The van der Waals surface area contributed by atoms with Crippen LogP contribution >= 0.6 is 11.6 Å². The molecule has 2 rings (SSSR count). The number of fused-ring (bicyclic) bond motifs is 1. The molecule has 1 aromatic rings. The number of anilines is 1. The number of carbonyl (C=O) groups excluding carboxylic acids is 3. The first-order valence-corrected chi connectivity index (χ1v) is 5.64. The summed E-state index contributed by atoms with van der Waals surface area (Å²) in [6.07, 6.45) is 0. The maximum Gasteiger partial charge on any atom is 0.300 e. The number of benzene rings is 1. The van der Waals surface area contributed by atoms with E-state index in [0.717, 1.165) is 11.0 Å². The molecule has 6 nitrogen and oxygen atoms in total. The molecule has 1 heterocycles. The molecule has 1 aliphatic heterocycles. The first kappa shape index (κ1) is 13.4. The van der Waals surface area contributed by atoms with E-state index in [4.69, 9.17) is 17.4 Å². The monoisotopic (exact) mass is 285 g/mol. The molecule has 0 saturated carbocycles. The van der Waals surface area contributed by atoms with E-state index in [2.05, 4.69) is 0 Å². The summed E-state index contributed by atoms with van der Waals surface area (Å²) in [6.45, 7) is 1.32. The fourth-order valence-corrected chi connectivity index (χ4v) is 2.16.